The first-order valence-electron chi connectivity index (χ1n) is 4.03. The van der Waals surface area contributed by atoms with Crippen LogP contribution in [0.15, 0.2) is 12.4 Å². The Morgan fingerprint density at radius 2 is 2.00 bits per heavy atom. The maximum atomic E-state index is 10.5. The minimum absolute atomic E-state index is 0. The number of nitrogens with one attached hydrogen (secondary N) is 1. The fourth-order valence-electron chi connectivity index (χ4n) is 1.13. The molecule has 0 unspecified atom stereocenters. The molecule has 6 heteroatoms. The zero-order valence-electron chi connectivity index (χ0n) is 7.30. The third-order valence-corrected chi connectivity index (χ3v) is 2.07. The molecule has 0 aliphatic carbocycles. The fraction of sp³-hybridized carbons (Fsp3) is 0.375. The summed E-state index contributed by atoms with van der Waals surface area (Å²) in [5, 5.41) is 11.7. The van der Waals surface area contributed by atoms with Gasteiger partial charge in [0, 0.05) is 31.4 Å². The third kappa shape index (κ3) is 2.00. The lowest BCUT2D eigenvalue weighted by Gasteiger charge is -2.25. The fourth-order valence-corrected chi connectivity index (χ4v) is 1.13. The van der Waals surface area contributed by atoms with Gasteiger partial charge < -0.3 is 10.4 Å². The van der Waals surface area contributed by atoms with Crippen LogP contribution in [0, 0.1) is 0 Å². The predicted molar refractivity (Wildman–Crippen MR) is 51.9 cm³/mol. The first-order valence-corrected chi connectivity index (χ1v) is 4.03. The van der Waals surface area contributed by atoms with Crippen LogP contribution in [0.5, 0.6) is 0 Å². The summed E-state index contributed by atoms with van der Waals surface area (Å²) in [6, 6.07) is 0. The molecule has 1 aromatic rings. The zero-order chi connectivity index (χ0) is 9.26. The lowest BCUT2D eigenvalue weighted by Crippen LogP contribution is -2.40. The first-order chi connectivity index (χ1) is 6.27. The molecule has 1 aromatic heterocycles. The second-order valence-corrected chi connectivity index (χ2v) is 2.99. The number of rotatable bonds is 2. The molecule has 76 valence electrons. The molecule has 0 spiro atoms. The van der Waals surface area contributed by atoms with E-state index in [1.165, 1.54) is 12.4 Å². The summed E-state index contributed by atoms with van der Waals surface area (Å²) in [7, 11) is 0. The van der Waals surface area contributed by atoms with Crippen molar-refractivity contribution in [1.29, 1.82) is 0 Å². The van der Waals surface area contributed by atoms with Gasteiger partial charge in [-0.3, -0.25) is 0 Å². The Balaban J connectivity index is 0.000000980. The maximum absolute atomic E-state index is 10.5. The van der Waals surface area contributed by atoms with Crippen molar-refractivity contribution in [2.75, 3.05) is 13.1 Å². The number of halogens is 1. The van der Waals surface area contributed by atoms with Crippen molar-refractivity contribution in [2.45, 2.75) is 5.92 Å². The minimum Gasteiger partial charge on any atom is -0.478 e. The van der Waals surface area contributed by atoms with Crippen LogP contribution < -0.4 is 5.32 Å². The number of hydrogen-bond donors (Lipinski definition) is 2. The average Bonchev–Trinajstić information content (AvgIpc) is 2.02. The van der Waals surface area contributed by atoms with Crippen molar-refractivity contribution in [2.24, 2.45) is 0 Å². The number of carbonyl (C=O) groups is 1. The van der Waals surface area contributed by atoms with E-state index in [-0.39, 0.29) is 18.0 Å². The van der Waals surface area contributed by atoms with E-state index in [2.05, 4.69) is 15.3 Å². The van der Waals surface area contributed by atoms with E-state index < -0.39 is 5.97 Å². The van der Waals surface area contributed by atoms with E-state index in [4.69, 9.17) is 5.11 Å². The van der Waals surface area contributed by atoms with Gasteiger partial charge in [-0.2, -0.15) is 0 Å². The summed E-state index contributed by atoms with van der Waals surface area (Å²) >= 11 is 0. The number of hydrogen-bond acceptors (Lipinski definition) is 4. The Kier molecular flexibility index (Phi) is 3.38. The zero-order valence-corrected chi connectivity index (χ0v) is 8.12. The molecule has 1 fully saturated rings. The summed E-state index contributed by atoms with van der Waals surface area (Å²) in [5.74, 6) is 0.0879. The van der Waals surface area contributed by atoms with Gasteiger partial charge in [-0.15, -0.1) is 12.4 Å². The molecule has 1 saturated heterocycles. The van der Waals surface area contributed by atoms with Gasteiger partial charge in [0.1, 0.15) is 5.82 Å². The SMILES string of the molecule is Cl.O=C(O)c1cnc(C2CNC2)nc1. The normalized spacial score (nSPS) is 15.4. The molecular formula is C8H10ClN3O2. The number of nitrogens with zero attached hydrogens (tertiary/aromatic N) is 2. The molecule has 0 aromatic carbocycles. The highest BCUT2D eigenvalue weighted by molar-refractivity contribution is 5.86. The number of carboxylic acid groups (broad SMARTS) is 1. The van der Waals surface area contributed by atoms with Crippen molar-refractivity contribution in [3.05, 3.63) is 23.8 Å². The Bertz CT molecular complexity index is 324. The standard InChI is InChI=1S/C8H9N3O2.ClH/c12-8(13)6-3-10-7(11-4-6)5-1-9-2-5;/h3-5,9H,1-2H2,(H,12,13);1H. The van der Waals surface area contributed by atoms with Crippen LogP contribution in [0.2, 0.25) is 0 Å². The van der Waals surface area contributed by atoms with Crippen LogP contribution in [-0.4, -0.2) is 34.1 Å². The van der Waals surface area contributed by atoms with Gasteiger partial charge in [-0.05, 0) is 0 Å². The third-order valence-electron chi connectivity index (χ3n) is 2.07. The van der Waals surface area contributed by atoms with Gasteiger partial charge in [0.05, 0.1) is 5.56 Å². The number of aromatic nitrogens is 2. The Labute approximate surface area is 87.0 Å². The highest BCUT2D eigenvalue weighted by Gasteiger charge is 2.21. The molecule has 0 radical (unpaired) electrons. The van der Waals surface area contributed by atoms with Gasteiger partial charge in [0.15, 0.2) is 0 Å². The lowest BCUT2D eigenvalue weighted by molar-refractivity contribution is 0.0696. The molecule has 2 heterocycles. The lowest BCUT2D eigenvalue weighted by atomic mass is 10.0. The van der Waals surface area contributed by atoms with Crippen LogP contribution in [0.4, 0.5) is 0 Å². The molecule has 5 nitrogen and oxygen atoms in total. The molecule has 0 atom stereocenters. The van der Waals surface area contributed by atoms with Crippen molar-refractivity contribution >= 4 is 18.4 Å². The first kappa shape index (κ1) is 10.9. The Morgan fingerprint density at radius 3 is 2.36 bits per heavy atom. The molecule has 14 heavy (non-hydrogen) atoms. The summed E-state index contributed by atoms with van der Waals surface area (Å²) < 4.78 is 0. The predicted octanol–water partition coefficient (Wildman–Crippen LogP) is 0.283. The van der Waals surface area contributed by atoms with Crippen LogP contribution in [-0.2, 0) is 0 Å². The van der Waals surface area contributed by atoms with Crippen LogP contribution >= 0.6 is 12.4 Å². The van der Waals surface area contributed by atoms with E-state index in [1.54, 1.807) is 0 Å². The van der Waals surface area contributed by atoms with Gasteiger partial charge in [0.25, 0.3) is 0 Å². The van der Waals surface area contributed by atoms with E-state index in [0.717, 1.165) is 18.9 Å². The van der Waals surface area contributed by atoms with E-state index in [1.807, 2.05) is 0 Å². The van der Waals surface area contributed by atoms with Crippen molar-refractivity contribution in [3.8, 4) is 0 Å². The summed E-state index contributed by atoms with van der Waals surface area (Å²) in [6.45, 7) is 1.76. The molecule has 2 rings (SSSR count). The van der Waals surface area contributed by atoms with Gasteiger partial charge >= 0.3 is 5.97 Å². The van der Waals surface area contributed by atoms with Crippen LogP contribution in [0.25, 0.3) is 0 Å². The van der Waals surface area contributed by atoms with E-state index >= 15 is 0 Å². The maximum Gasteiger partial charge on any atom is 0.338 e. The van der Waals surface area contributed by atoms with E-state index in [0.29, 0.717) is 5.92 Å². The number of aromatic carboxylic acids is 1. The minimum atomic E-state index is -0.988. The van der Waals surface area contributed by atoms with E-state index in [9.17, 15) is 4.79 Å². The largest absolute Gasteiger partial charge is 0.478 e. The van der Waals surface area contributed by atoms with Crippen molar-refractivity contribution < 1.29 is 9.90 Å². The van der Waals surface area contributed by atoms with Gasteiger partial charge in [-0.1, -0.05) is 0 Å². The van der Waals surface area contributed by atoms with Crippen LogP contribution in [0.3, 0.4) is 0 Å². The summed E-state index contributed by atoms with van der Waals surface area (Å²) in [5.41, 5.74) is 0.135. The highest BCUT2D eigenvalue weighted by atomic mass is 35.5. The highest BCUT2D eigenvalue weighted by Crippen LogP contribution is 2.14. The Hall–Kier alpha value is -1.20. The van der Waals surface area contributed by atoms with Gasteiger partial charge in [0.2, 0.25) is 0 Å². The monoisotopic (exact) mass is 215 g/mol. The molecule has 1 aliphatic heterocycles. The molecule has 0 amide bonds. The molecule has 2 N–H and O–H groups in total. The Morgan fingerprint density at radius 1 is 1.43 bits per heavy atom. The average molecular weight is 216 g/mol. The molecule has 0 bridgehead atoms. The quantitative estimate of drug-likeness (QED) is 0.742. The number of carboxylic acids is 1. The second kappa shape index (κ2) is 4.34. The summed E-state index contributed by atoms with van der Waals surface area (Å²) in [4.78, 5) is 18.5. The smallest absolute Gasteiger partial charge is 0.338 e. The van der Waals surface area contributed by atoms with Crippen molar-refractivity contribution in [1.82, 2.24) is 15.3 Å². The molecule has 1 aliphatic rings. The molecular weight excluding hydrogens is 206 g/mol. The topological polar surface area (TPSA) is 75.1 Å². The van der Waals surface area contributed by atoms with Crippen molar-refractivity contribution in [3.63, 3.8) is 0 Å². The van der Waals surface area contributed by atoms with Gasteiger partial charge in [-0.25, -0.2) is 14.8 Å². The molecule has 0 saturated carbocycles. The summed E-state index contributed by atoms with van der Waals surface area (Å²) in [6.07, 6.45) is 2.70. The second-order valence-electron chi connectivity index (χ2n) is 2.99. The van der Waals surface area contributed by atoms with Crippen LogP contribution in [0.1, 0.15) is 22.1 Å².